The van der Waals surface area contributed by atoms with Gasteiger partial charge in [0.15, 0.2) is 0 Å². The minimum absolute atomic E-state index is 0.375. The smallest absolute Gasteiger partial charge is 0.0116 e. The van der Waals surface area contributed by atoms with Gasteiger partial charge in [0.05, 0.1) is 0 Å². The van der Waals surface area contributed by atoms with Crippen molar-refractivity contribution < 1.29 is 0 Å². The van der Waals surface area contributed by atoms with Crippen LogP contribution in [-0.2, 0) is 0 Å². The third-order valence-electron chi connectivity index (χ3n) is 8.56. The minimum Gasteiger partial charge on any atom is -0.103 e. The molecule has 2 heterocycles. The standard InChI is InChI=1S/C19H31P/c1-3-20-11-13-10-12(13)8-9-16-17-14-6-4-5-7-15(14)19(16,2)18(17)20/h12-18H,3-11H2,1-2H3. The van der Waals surface area contributed by atoms with E-state index in [4.69, 9.17) is 0 Å². The van der Waals surface area contributed by atoms with E-state index in [1.165, 1.54) is 29.3 Å². The molecule has 1 heteroatoms. The highest BCUT2D eigenvalue weighted by Crippen LogP contribution is 2.81. The molecule has 9 unspecified atom stereocenters. The van der Waals surface area contributed by atoms with Gasteiger partial charge in [-0.1, -0.05) is 26.7 Å². The summed E-state index contributed by atoms with van der Waals surface area (Å²) in [7, 11) is 0.375. The Hall–Kier alpha value is 0.430. The normalized spacial score (nSPS) is 63.3. The van der Waals surface area contributed by atoms with Crippen LogP contribution in [0.15, 0.2) is 0 Å². The zero-order valence-corrected chi connectivity index (χ0v) is 14.2. The van der Waals surface area contributed by atoms with Gasteiger partial charge in [0.25, 0.3) is 0 Å². The molecule has 0 aromatic rings. The van der Waals surface area contributed by atoms with Crippen molar-refractivity contribution in [1.82, 2.24) is 0 Å². The number of hydrogen-bond acceptors (Lipinski definition) is 0. The Labute approximate surface area is 126 Å². The van der Waals surface area contributed by atoms with E-state index < -0.39 is 0 Å². The van der Waals surface area contributed by atoms with Gasteiger partial charge in [-0.2, -0.15) is 0 Å². The van der Waals surface area contributed by atoms with Gasteiger partial charge in [0.2, 0.25) is 0 Å². The monoisotopic (exact) mass is 290 g/mol. The van der Waals surface area contributed by atoms with Gasteiger partial charge < -0.3 is 0 Å². The fourth-order valence-corrected chi connectivity index (χ4v) is 11.7. The van der Waals surface area contributed by atoms with Crippen LogP contribution in [0.25, 0.3) is 0 Å². The summed E-state index contributed by atoms with van der Waals surface area (Å²) in [4.78, 5) is 0. The van der Waals surface area contributed by atoms with Gasteiger partial charge in [-0.15, -0.1) is 7.92 Å². The second-order valence-corrected chi connectivity index (χ2v) is 11.7. The Morgan fingerprint density at radius 1 is 1.00 bits per heavy atom. The second-order valence-electron chi connectivity index (χ2n) is 8.97. The maximum atomic E-state index is 2.77. The average molecular weight is 290 g/mol. The molecular formula is C19H31P. The molecule has 2 saturated heterocycles. The molecule has 20 heavy (non-hydrogen) atoms. The highest BCUT2D eigenvalue weighted by atomic mass is 31.1. The molecule has 5 saturated carbocycles. The minimum atomic E-state index is 0.375. The molecule has 5 aliphatic carbocycles. The Morgan fingerprint density at radius 2 is 1.85 bits per heavy atom. The molecule has 7 fully saturated rings. The first-order chi connectivity index (χ1) is 9.75. The first-order valence-electron chi connectivity index (χ1n) is 9.49. The third-order valence-corrected chi connectivity index (χ3v) is 12.0. The van der Waals surface area contributed by atoms with Crippen LogP contribution < -0.4 is 0 Å². The fraction of sp³-hybridized carbons (Fsp3) is 1.00. The Bertz CT molecular complexity index is 418. The summed E-state index contributed by atoms with van der Waals surface area (Å²) in [6.45, 7) is 5.30. The van der Waals surface area contributed by atoms with Crippen molar-refractivity contribution in [2.45, 2.75) is 64.5 Å². The molecule has 112 valence electrons. The molecule has 0 nitrogen and oxygen atoms in total. The van der Waals surface area contributed by atoms with E-state index in [0.29, 0.717) is 7.92 Å². The first-order valence-corrected chi connectivity index (χ1v) is 11.3. The van der Waals surface area contributed by atoms with E-state index in [1.807, 2.05) is 0 Å². The number of hydrogen-bond donors (Lipinski definition) is 0. The van der Waals surface area contributed by atoms with Crippen molar-refractivity contribution in [3.05, 3.63) is 0 Å². The lowest BCUT2D eigenvalue weighted by Crippen LogP contribution is -2.53. The molecule has 0 aromatic heterocycles. The van der Waals surface area contributed by atoms with E-state index in [9.17, 15) is 0 Å². The lowest BCUT2D eigenvalue weighted by molar-refractivity contribution is 0.0219. The van der Waals surface area contributed by atoms with Crippen LogP contribution in [0.3, 0.4) is 0 Å². The quantitative estimate of drug-likeness (QED) is 0.570. The predicted octanol–water partition coefficient (Wildman–Crippen LogP) is 5.36. The van der Waals surface area contributed by atoms with E-state index >= 15 is 0 Å². The van der Waals surface area contributed by atoms with Crippen LogP contribution in [0.4, 0.5) is 0 Å². The summed E-state index contributed by atoms with van der Waals surface area (Å²) in [6, 6.07) is 0. The molecule has 7 aliphatic rings. The number of fused-ring (bicyclic) bond motifs is 2. The summed E-state index contributed by atoms with van der Waals surface area (Å²) < 4.78 is 0. The molecule has 7 rings (SSSR count). The van der Waals surface area contributed by atoms with Gasteiger partial charge >= 0.3 is 0 Å². The lowest BCUT2D eigenvalue weighted by atomic mass is 9.56. The molecule has 0 spiro atoms. The molecule has 2 aliphatic heterocycles. The maximum absolute atomic E-state index is 2.77. The summed E-state index contributed by atoms with van der Waals surface area (Å²) in [5, 5.41) is 0. The van der Waals surface area contributed by atoms with E-state index in [-0.39, 0.29) is 0 Å². The van der Waals surface area contributed by atoms with E-state index in [0.717, 1.165) is 17.3 Å². The summed E-state index contributed by atoms with van der Waals surface area (Å²) in [5.41, 5.74) is 2.02. The Balaban J connectivity index is 1.53. The van der Waals surface area contributed by atoms with Crippen LogP contribution in [0, 0.1) is 40.9 Å². The second kappa shape index (κ2) is 4.24. The molecule has 0 radical (unpaired) electrons. The lowest BCUT2D eigenvalue weighted by Gasteiger charge is -2.58. The Kier molecular flexibility index (Phi) is 2.74. The van der Waals surface area contributed by atoms with Crippen molar-refractivity contribution in [1.29, 1.82) is 0 Å². The van der Waals surface area contributed by atoms with Crippen molar-refractivity contribution in [3.8, 4) is 0 Å². The van der Waals surface area contributed by atoms with Crippen LogP contribution >= 0.6 is 7.92 Å². The van der Waals surface area contributed by atoms with Crippen LogP contribution in [0.2, 0.25) is 0 Å². The van der Waals surface area contributed by atoms with Crippen molar-refractivity contribution in [3.63, 3.8) is 0 Å². The zero-order chi connectivity index (χ0) is 13.5. The highest BCUT2D eigenvalue weighted by Gasteiger charge is 2.73. The molecule has 4 bridgehead atoms. The summed E-state index contributed by atoms with van der Waals surface area (Å²) >= 11 is 0. The van der Waals surface area contributed by atoms with Gasteiger partial charge in [0, 0.05) is 0 Å². The van der Waals surface area contributed by atoms with Crippen LogP contribution in [0.5, 0.6) is 0 Å². The van der Waals surface area contributed by atoms with E-state index in [1.54, 1.807) is 57.3 Å². The van der Waals surface area contributed by atoms with Gasteiger partial charge in [-0.3, -0.25) is 0 Å². The topological polar surface area (TPSA) is 0 Å². The maximum Gasteiger partial charge on any atom is -0.0116 e. The molecular weight excluding hydrogens is 259 g/mol. The Morgan fingerprint density at radius 3 is 2.65 bits per heavy atom. The first kappa shape index (κ1) is 12.9. The summed E-state index contributed by atoms with van der Waals surface area (Å²) in [5.74, 6) is 7.06. The van der Waals surface area contributed by atoms with Crippen molar-refractivity contribution >= 4 is 7.92 Å². The van der Waals surface area contributed by atoms with Gasteiger partial charge in [-0.05, 0) is 91.0 Å². The highest BCUT2D eigenvalue weighted by molar-refractivity contribution is 7.58. The van der Waals surface area contributed by atoms with Crippen molar-refractivity contribution in [2.24, 2.45) is 40.9 Å². The molecule has 0 amide bonds. The summed E-state index contributed by atoms with van der Waals surface area (Å²) in [6.07, 6.45) is 14.4. The fourth-order valence-electron chi connectivity index (χ4n) is 7.73. The molecule has 0 N–H and O–H groups in total. The van der Waals surface area contributed by atoms with Crippen LogP contribution in [0.1, 0.15) is 58.8 Å². The predicted molar refractivity (Wildman–Crippen MR) is 87.5 cm³/mol. The average Bonchev–Trinajstić information content (AvgIpc) is 3.05. The van der Waals surface area contributed by atoms with Gasteiger partial charge in [-0.25, -0.2) is 0 Å². The van der Waals surface area contributed by atoms with E-state index in [2.05, 4.69) is 13.8 Å². The molecule has 9 atom stereocenters. The zero-order valence-electron chi connectivity index (χ0n) is 13.4. The van der Waals surface area contributed by atoms with Gasteiger partial charge in [0.1, 0.15) is 0 Å². The molecule has 0 aromatic carbocycles. The van der Waals surface area contributed by atoms with Crippen LogP contribution in [-0.4, -0.2) is 18.0 Å². The SMILES string of the molecule is CCP1CC2CC2CCC2C3C4CCCCC4C2(C)C31. The van der Waals surface area contributed by atoms with Crippen molar-refractivity contribution in [2.75, 3.05) is 12.3 Å². The largest absolute Gasteiger partial charge is 0.103 e. The third kappa shape index (κ3) is 1.44. The number of rotatable bonds is 1.